The number of nitrogens with zero attached hydrogens (tertiary/aromatic N) is 3. The highest BCUT2D eigenvalue weighted by Gasteiger charge is 2.18. The fourth-order valence-electron chi connectivity index (χ4n) is 1.64. The van der Waals surface area contributed by atoms with E-state index < -0.39 is 15.9 Å². The van der Waals surface area contributed by atoms with Gasteiger partial charge in [0.05, 0.1) is 4.90 Å². The fourth-order valence-corrected chi connectivity index (χ4v) is 2.55. The molecular formula is C13H16N4O5S. The van der Waals surface area contributed by atoms with Crippen LogP contribution in [0.1, 0.15) is 16.2 Å². The molecule has 0 spiro atoms. The topological polar surface area (TPSA) is 115 Å². The summed E-state index contributed by atoms with van der Waals surface area (Å²) in [5.41, 5.74) is 0.259. The molecule has 124 valence electrons. The van der Waals surface area contributed by atoms with Crippen LogP contribution in [-0.4, -0.2) is 50.0 Å². The van der Waals surface area contributed by atoms with Gasteiger partial charge in [0, 0.05) is 26.8 Å². The van der Waals surface area contributed by atoms with Gasteiger partial charge in [-0.2, -0.15) is 0 Å². The number of sulfonamides is 1. The third-order valence-corrected chi connectivity index (χ3v) is 4.68. The van der Waals surface area contributed by atoms with Crippen LogP contribution in [0.4, 0.5) is 6.01 Å². The minimum absolute atomic E-state index is 0.0629. The molecule has 10 heteroatoms. The van der Waals surface area contributed by atoms with Gasteiger partial charge in [-0.25, -0.2) is 12.7 Å². The van der Waals surface area contributed by atoms with Crippen molar-refractivity contribution in [3.05, 3.63) is 35.7 Å². The van der Waals surface area contributed by atoms with Crippen LogP contribution in [0.5, 0.6) is 0 Å². The summed E-state index contributed by atoms with van der Waals surface area (Å²) in [6, 6.07) is 5.45. The lowest BCUT2D eigenvalue weighted by Crippen LogP contribution is -2.22. The number of benzene rings is 1. The number of ether oxygens (including phenoxy) is 1. The summed E-state index contributed by atoms with van der Waals surface area (Å²) < 4.78 is 35.0. The first kappa shape index (κ1) is 17.1. The summed E-state index contributed by atoms with van der Waals surface area (Å²) in [7, 11) is 0.811. The number of nitrogens with one attached hydrogen (secondary N) is 1. The van der Waals surface area contributed by atoms with Crippen LogP contribution in [0, 0.1) is 0 Å². The van der Waals surface area contributed by atoms with Crippen molar-refractivity contribution in [1.29, 1.82) is 0 Å². The minimum atomic E-state index is -3.53. The van der Waals surface area contributed by atoms with Crippen molar-refractivity contribution in [2.24, 2.45) is 0 Å². The molecule has 1 aromatic heterocycles. The third-order valence-electron chi connectivity index (χ3n) is 2.85. The number of aromatic nitrogens is 2. The first-order valence-corrected chi connectivity index (χ1v) is 7.94. The van der Waals surface area contributed by atoms with Crippen LogP contribution in [0.2, 0.25) is 0 Å². The minimum Gasteiger partial charge on any atom is -0.405 e. The summed E-state index contributed by atoms with van der Waals surface area (Å²) in [6.45, 7) is 0.139. The van der Waals surface area contributed by atoms with E-state index in [1.807, 2.05) is 0 Å². The van der Waals surface area contributed by atoms with Crippen molar-refractivity contribution in [2.45, 2.75) is 11.5 Å². The molecule has 0 radical (unpaired) electrons. The zero-order valence-corrected chi connectivity index (χ0v) is 13.6. The number of rotatable bonds is 6. The molecule has 1 heterocycles. The average molecular weight is 340 g/mol. The number of carbonyl (C=O) groups excluding carboxylic acids is 1. The second-order valence-electron chi connectivity index (χ2n) is 4.70. The van der Waals surface area contributed by atoms with Crippen molar-refractivity contribution in [3.8, 4) is 0 Å². The third kappa shape index (κ3) is 3.92. The molecule has 1 N–H and O–H groups in total. The molecule has 0 atom stereocenters. The Morgan fingerprint density at radius 1 is 1.26 bits per heavy atom. The predicted molar refractivity (Wildman–Crippen MR) is 80.3 cm³/mol. The van der Waals surface area contributed by atoms with Crippen molar-refractivity contribution in [3.63, 3.8) is 0 Å². The molecule has 0 saturated carbocycles. The highest BCUT2D eigenvalue weighted by molar-refractivity contribution is 7.89. The normalized spacial score (nSPS) is 11.7. The molecule has 0 aliphatic heterocycles. The Hall–Kier alpha value is -2.30. The van der Waals surface area contributed by atoms with E-state index in [0.717, 1.165) is 4.31 Å². The Morgan fingerprint density at radius 2 is 1.91 bits per heavy atom. The number of methoxy groups -OCH3 is 1. The summed E-state index contributed by atoms with van der Waals surface area (Å²) >= 11 is 0. The Balaban J connectivity index is 2.11. The zero-order chi connectivity index (χ0) is 17.0. The average Bonchev–Trinajstić information content (AvgIpc) is 2.94. The molecule has 0 unspecified atom stereocenters. The zero-order valence-electron chi connectivity index (χ0n) is 12.8. The van der Waals surface area contributed by atoms with Gasteiger partial charge in [-0.05, 0) is 24.3 Å². The van der Waals surface area contributed by atoms with Gasteiger partial charge < -0.3 is 9.15 Å². The van der Waals surface area contributed by atoms with E-state index in [1.165, 1.54) is 45.5 Å². The van der Waals surface area contributed by atoms with E-state index in [2.05, 4.69) is 15.5 Å². The summed E-state index contributed by atoms with van der Waals surface area (Å²) in [6.07, 6.45) is 0. The van der Waals surface area contributed by atoms with Crippen LogP contribution in [-0.2, 0) is 21.4 Å². The highest BCUT2D eigenvalue weighted by atomic mass is 32.2. The molecule has 2 aromatic rings. The number of carbonyl (C=O) groups is 1. The predicted octanol–water partition coefficient (Wildman–Crippen LogP) is 0.719. The molecule has 9 nitrogen and oxygen atoms in total. The number of amides is 1. The van der Waals surface area contributed by atoms with Crippen LogP contribution in [0.15, 0.2) is 33.6 Å². The number of hydrogen-bond donors (Lipinski definition) is 1. The van der Waals surface area contributed by atoms with E-state index in [0.29, 0.717) is 0 Å². The number of hydrogen-bond acceptors (Lipinski definition) is 7. The van der Waals surface area contributed by atoms with Gasteiger partial charge >= 0.3 is 6.01 Å². The fraction of sp³-hybridized carbons (Fsp3) is 0.308. The maximum Gasteiger partial charge on any atom is 0.322 e. The largest absolute Gasteiger partial charge is 0.405 e. The maximum absolute atomic E-state index is 12.0. The molecule has 0 aliphatic rings. The molecule has 0 fully saturated rings. The van der Waals surface area contributed by atoms with E-state index in [1.54, 1.807) is 0 Å². The smallest absolute Gasteiger partial charge is 0.322 e. The highest BCUT2D eigenvalue weighted by Crippen LogP contribution is 2.15. The van der Waals surface area contributed by atoms with E-state index in [-0.39, 0.29) is 29.0 Å². The second-order valence-corrected chi connectivity index (χ2v) is 6.85. The molecule has 0 saturated heterocycles. The van der Waals surface area contributed by atoms with E-state index >= 15 is 0 Å². The van der Waals surface area contributed by atoms with Gasteiger partial charge in [-0.15, -0.1) is 5.10 Å². The molecule has 1 aromatic carbocycles. The monoisotopic (exact) mass is 340 g/mol. The lowest BCUT2D eigenvalue weighted by atomic mass is 10.2. The summed E-state index contributed by atoms with van der Waals surface area (Å²) in [4.78, 5) is 12.1. The number of anilines is 1. The Labute approximate surface area is 133 Å². The van der Waals surface area contributed by atoms with Crippen molar-refractivity contribution in [2.75, 3.05) is 26.5 Å². The first-order chi connectivity index (χ1) is 10.8. The van der Waals surface area contributed by atoms with Crippen molar-refractivity contribution < 1.29 is 22.4 Å². The van der Waals surface area contributed by atoms with Gasteiger partial charge in [0.1, 0.15) is 6.61 Å². The first-order valence-electron chi connectivity index (χ1n) is 6.50. The molecule has 23 heavy (non-hydrogen) atoms. The van der Waals surface area contributed by atoms with Crippen molar-refractivity contribution >= 4 is 21.9 Å². The molecule has 2 rings (SSSR count). The Bertz CT molecular complexity index is 783. The van der Waals surface area contributed by atoms with Crippen LogP contribution < -0.4 is 5.32 Å². The van der Waals surface area contributed by atoms with Gasteiger partial charge in [-0.3, -0.25) is 10.1 Å². The molecule has 1 amide bonds. The quantitative estimate of drug-likeness (QED) is 0.824. The van der Waals surface area contributed by atoms with E-state index in [9.17, 15) is 13.2 Å². The Kier molecular flexibility index (Phi) is 5.08. The second kappa shape index (κ2) is 6.86. The van der Waals surface area contributed by atoms with Gasteiger partial charge in [-0.1, -0.05) is 5.10 Å². The van der Waals surface area contributed by atoms with Crippen LogP contribution in [0.3, 0.4) is 0 Å². The molecular weight excluding hydrogens is 324 g/mol. The van der Waals surface area contributed by atoms with Crippen molar-refractivity contribution in [1.82, 2.24) is 14.5 Å². The van der Waals surface area contributed by atoms with E-state index in [4.69, 9.17) is 9.15 Å². The lowest BCUT2D eigenvalue weighted by Gasteiger charge is -2.11. The van der Waals surface area contributed by atoms with Gasteiger partial charge in [0.2, 0.25) is 15.9 Å². The van der Waals surface area contributed by atoms with Crippen LogP contribution >= 0.6 is 0 Å². The lowest BCUT2D eigenvalue weighted by molar-refractivity contribution is 0.102. The van der Waals surface area contributed by atoms with Gasteiger partial charge in [0.15, 0.2) is 0 Å². The summed E-state index contributed by atoms with van der Waals surface area (Å²) in [5, 5.41) is 9.75. The standard InChI is InChI=1S/C13H16N4O5S/c1-17(2)23(19,20)10-6-4-9(5-7-10)12(18)14-13-16-15-11(22-13)8-21-3/h4-7H,8H2,1-3H3,(H,14,16,18). The maximum atomic E-state index is 12.0. The van der Waals surface area contributed by atoms with Crippen LogP contribution in [0.25, 0.3) is 0 Å². The SMILES string of the molecule is COCc1nnc(NC(=O)c2ccc(S(=O)(=O)N(C)C)cc2)o1. The Morgan fingerprint density at radius 3 is 2.48 bits per heavy atom. The molecule has 0 aliphatic carbocycles. The molecule has 0 bridgehead atoms. The summed E-state index contributed by atoms with van der Waals surface area (Å²) in [5.74, 6) is -0.262. The van der Waals surface area contributed by atoms with Gasteiger partial charge in [0.25, 0.3) is 5.91 Å².